The lowest BCUT2D eigenvalue weighted by atomic mass is 10.2. The van der Waals surface area contributed by atoms with E-state index in [2.05, 4.69) is 10.3 Å². The number of anilines is 1. The Morgan fingerprint density at radius 2 is 1.95 bits per heavy atom. The standard InChI is InChI=1S/C16H16N2O3S/c1-21-15-7-8-17-9-13(15)18-16(20)11-22-10-14(19)12-5-3-2-4-6-12/h2-9H,10-11H2,1H3,(H,18,20). The molecule has 0 unspecified atom stereocenters. The highest BCUT2D eigenvalue weighted by atomic mass is 32.2. The van der Waals surface area contributed by atoms with Crippen LogP contribution in [0.15, 0.2) is 48.8 Å². The van der Waals surface area contributed by atoms with Crippen LogP contribution in [-0.4, -0.2) is 35.3 Å². The van der Waals surface area contributed by atoms with Crippen LogP contribution in [-0.2, 0) is 4.79 Å². The largest absolute Gasteiger partial charge is 0.494 e. The number of ketones is 1. The van der Waals surface area contributed by atoms with Crippen molar-refractivity contribution < 1.29 is 14.3 Å². The van der Waals surface area contributed by atoms with Crippen LogP contribution < -0.4 is 10.1 Å². The number of carbonyl (C=O) groups excluding carboxylic acids is 2. The van der Waals surface area contributed by atoms with Gasteiger partial charge in [0.25, 0.3) is 0 Å². The summed E-state index contributed by atoms with van der Waals surface area (Å²) >= 11 is 1.27. The number of nitrogens with one attached hydrogen (secondary N) is 1. The molecule has 6 heteroatoms. The molecule has 1 amide bonds. The van der Waals surface area contributed by atoms with Gasteiger partial charge in [0, 0.05) is 17.8 Å². The fourth-order valence-corrected chi connectivity index (χ4v) is 2.50. The van der Waals surface area contributed by atoms with E-state index in [4.69, 9.17) is 4.74 Å². The molecule has 0 fully saturated rings. The van der Waals surface area contributed by atoms with Gasteiger partial charge in [-0.1, -0.05) is 30.3 Å². The summed E-state index contributed by atoms with van der Waals surface area (Å²) in [5, 5.41) is 2.72. The first-order valence-corrected chi connectivity index (χ1v) is 7.80. The predicted molar refractivity (Wildman–Crippen MR) is 87.5 cm³/mol. The molecule has 0 aliphatic rings. The van der Waals surface area contributed by atoms with E-state index in [1.54, 1.807) is 24.4 Å². The minimum atomic E-state index is -0.197. The number of rotatable bonds is 7. The average Bonchev–Trinajstić information content (AvgIpc) is 2.56. The smallest absolute Gasteiger partial charge is 0.234 e. The van der Waals surface area contributed by atoms with E-state index >= 15 is 0 Å². The molecule has 1 aromatic heterocycles. The molecule has 5 nitrogen and oxygen atoms in total. The summed E-state index contributed by atoms with van der Waals surface area (Å²) in [5.74, 6) is 0.821. The Labute approximate surface area is 133 Å². The maximum absolute atomic E-state index is 11.9. The van der Waals surface area contributed by atoms with Crippen LogP contribution in [0.3, 0.4) is 0 Å². The van der Waals surface area contributed by atoms with E-state index in [0.717, 1.165) is 0 Å². The highest BCUT2D eigenvalue weighted by Gasteiger charge is 2.10. The summed E-state index contributed by atoms with van der Waals surface area (Å²) < 4.78 is 5.13. The molecule has 1 N–H and O–H groups in total. The van der Waals surface area contributed by atoms with Gasteiger partial charge >= 0.3 is 0 Å². The third-order valence-corrected chi connectivity index (χ3v) is 3.77. The molecule has 0 radical (unpaired) electrons. The van der Waals surface area contributed by atoms with E-state index in [-0.39, 0.29) is 23.2 Å². The summed E-state index contributed by atoms with van der Waals surface area (Å²) in [7, 11) is 1.53. The van der Waals surface area contributed by atoms with E-state index in [0.29, 0.717) is 17.0 Å². The summed E-state index contributed by atoms with van der Waals surface area (Å²) in [6, 6.07) is 10.7. The fraction of sp³-hybridized carbons (Fsp3) is 0.188. The molecule has 2 rings (SSSR count). The molecule has 1 heterocycles. The van der Waals surface area contributed by atoms with Gasteiger partial charge in [0.1, 0.15) is 11.4 Å². The first-order chi connectivity index (χ1) is 10.7. The van der Waals surface area contributed by atoms with Gasteiger partial charge in [-0.25, -0.2) is 0 Å². The van der Waals surface area contributed by atoms with Crippen molar-refractivity contribution in [2.75, 3.05) is 23.9 Å². The molecule has 0 saturated carbocycles. The Kier molecular flexibility index (Phi) is 5.97. The predicted octanol–water partition coefficient (Wildman–Crippen LogP) is 2.64. The van der Waals surface area contributed by atoms with Crippen LogP contribution in [0.4, 0.5) is 5.69 Å². The van der Waals surface area contributed by atoms with Crippen LogP contribution >= 0.6 is 11.8 Å². The number of hydrogen-bond acceptors (Lipinski definition) is 5. The van der Waals surface area contributed by atoms with E-state index < -0.39 is 0 Å². The van der Waals surface area contributed by atoms with Gasteiger partial charge in [-0.05, 0) is 0 Å². The molecular formula is C16H16N2O3S. The van der Waals surface area contributed by atoms with Crippen LogP contribution in [0.2, 0.25) is 0 Å². The minimum Gasteiger partial charge on any atom is -0.494 e. The van der Waals surface area contributed by atoms with Crippen molar-refractivity contribution in [3.8, 4) is 5.75 Å². The molecule has 114 valence electrons. The molecule has 0 aliphatic heterocycles. The Morgan fingerprint density at radius 3 is 2.68 bits per heavy atom. The lowest BCUT2D eigenvalue weighted by Crippen LogP contribution is -2.16. The van der Waals surface area contributed by atoms with E-state index in [1.807, 2.05) is 18.2 Å². The number of aromatic nitrogens is 1. The van der Waals surface area contributed by atoms with Crippen LogP contribution in [0.5, 0.6) is 5.75 Å². The normalized spacial score (nSPS) is 10.0. The SMILES string of the molecule is COc1ccncc1NC(=O)CSCC(=O)c1ccccc1. The Bertz CT molecular complexity index is 647. The highest BCUT2D eigenvalue weighted by molar-refractivity contribution is 8.00. The number of thioether (sulfide) groups is 1. The van der Waals surface area contributed by atoms with Crippen LogP contribution in [0, 0.1) is 0 Å². The molecule has 0 spiro atoms. The van der Waals surface area contributed by atoms with Gasteiger partial charge in [-0.2, -0.15) is 0 Å². The number of nitrogens with zero attached hydrogens (tertiary/aromatic N) is 1. The molecule has 0 atom stereocenters. The number of hydrogen-bond donors (Lipinski definition) is 1. The van der Waals surface area contributed by atoms with Crippen molar-refractivity contribution >= 4 is 29.1 Å². The van der Waals surface area contributed by atoms with Crippen LogP contribution in [0.1, 0.15) is 10.4 Å². The number of methoxy groups -OCH3 is 1. The van der Waals surface area contributed by atoms with Gasteiger partial charge in [0.15, 0.2) is 5.78 Å². The van der Waals surface area contributed by atoms with Crippen molar-refractivity contribution in [1.82, 2.24) is 4.98 Å². The zero-order valence-electron chi connectivity index (χ0n) is 12.1. The third-order valence-electron chi connectivity index (χ3n) is 2.84. The Balaban J connectivity index is 1.80. The second-order valence-corrected chi connectivity index (χ2v) is 5.39. The van der Waals surface area contributed by atoms with Crippen molar-refractivity contribution in [3.05, 3.63) is 54.4 Å². The van der Waals surface area contributed by atoms with Crippen molar-refractivity contribution in [2.45, 2.75) is 0 Å². The summed E-state index contributed by atoms with van der Waals surface area (Å²) in [6.07, 6.45) is 3.11. The number of carbonyl (C=O) groups is 2. The zero-order chi connectivity index (χ0) is 15.8. The zero-order valence-corrected chi connectivity index (χ0v) is 12.9. The van der Waals surface area contributed by atoms with E-state index in [9.17, 15) is 9.59 Å². The lowest BCUT2D eigenvalue weighted by Gasteiger charge is -2.08. The van der Waals surface area contributed by atoms with Gasteiger partial charge < -0.3 is 10.1 Å². The van der Waals surface area contributed by atoms with E-state index in [1.165, 1.54) is 25.1 Å². The first kappa shape index (κ1) is 16.0. The Hall–Kier alpha value is -2.34. The molecular weight excluding hydrogens is 300 g/mol. The molecule has 1 aromatic carbocycles. The van der Waals surface area contributed by atoms with Gasteiger partial charge in [0.2, 0.25) is 5.91 Å². The molecule has 0 aliphatic carbocycles. The number of ether oxygens (including phenoxy) is 1. The first-order valence-electron chi connectivity index (χ1n) is 6.64. The molecule has 22 heavy (non-hydrogen) atoms. The fourth-order valence-electron chi connectivity index (χ4n) is 1.78. The maximum atomic E-state index is 11.9. The monoisotopic (exact) mass is 316 g/mol. The number of amides is 1. The van der Waals surface area contributed by atoms with Gasteiger partial charge in [-0.3, -0.25) is 14.6 Å². The number of Topliss-reactive ketones (excluding diaryl/α,β-unsaturated/α-hetero) is 1. The lowest BCUT2D eigenvalue weighted by molar-refractivity contribution is -0.113. The van der Waals surface area contributed by atoms with Crippen molar-refractivity contribution in [3.63, 3.8) is 0 Å². The molecule has 0 bridgehead atoms. The summed E-state index contributed by atoms with van der Waals surface area (Å²) in [5.41, 5.74) is 1.18. The van der Waals surface area contributed by atoms with Crippen molar-refractivity contribution in [1.29, 1.82) is 0 Å². The quantitative estimate of drug-likeness (QED) is 0.795. The third kappa shape index (κ3) is 4.60. The maximum Gasteiger partial charge on any atom is 0.234 e. The topological polar surface area (TPSA) is 68.3 Å². The Morgan fingerprint density at radius 1 is 1.18 bits per heavy atom. The average molecular weight is 316 g/mol. The second kappa shape index (κ2) is 8.19. The number of benzene rings is 1. The highest BCUT2D eigenvalue weighted by Crippen LogP contribution is 2.21. The van der Waals surface area contributed by atoms with Gasteiger partial charge in [-0.15, -0.1) is 11.8 Å². The molecule has 2 aromatic rings. The van der Waals surface area contributed by atoms with Crippen LogP contribution in [0.25, 0.3) is 0 Å². The van der Waals surface area contributed by atoms with Crippen molar-refractivity contribution in [2.24, 2.45) is 0 Å². The van der Waals surface area contributed by atoms with Gasteiger partial charge in [0.05, 0.1) is 24.8 Å². The summed E-state index contributed by atoms with van der Waals surface area (Å²) in [4.78, 5) is 27.7. The molecule has 0 saturated heterocycles. The minimum absolute atomic E-state index is 0.0114. The second-order valence-electron chi connectivity index (χ2n) is 4.41. The number of pyridine rings is 1. The summed E-state index contributed by atoms with van der Waals surface area (Å²) in [6.45, 7) is 0.